The van der Waals surface area contributed by atoms with Gasteiger partial charge in [0.1, 0.15) is 11.6 Å². The Morgan fingerprint density at radius 3 is 2.48 bits per heavy atom. The average Bonchev–Trinajstić information content (AvgIpc) is 3.51. The maximum Gasteiger partial charge on any atom is 0.191 e. The average molecular weight is 468 g/mol. The van der Waals surface area contributed by atoms with Gasteiger partial charge in [0.2, 0.25) is 0 Å². The van der Waals surface area contributed by atoms with Crippen molar-refractivity contribution in [3.05, 3.63) is 71.6 Å². The monoisotopic (exact) mass is 467 g/mol. The molecule has 2 aromatic heterocycles. The molecule has 2 fully saturated rings. The lowest BCUT2D eigenvalue weighted by molar-refractivity contribution is 0.0931. The maximum atomic E-state index is 13.2. The molecular weight excluding hydrogens is 437 g/mol. The summed E-state index contributed by atoms with van der Waals surface area (Å²) in [6.07, 6.45) is 8.32. The second-order valence-corrected chi connectivity index (χ2v) is 9.85. The van der Waals surface area contributed by atoms with Crippen molar-refractivity contribution in [1.82, 2.24) is 24.6 Å². The first-order valence-corrected chi connectivity index (χ1v) is 12.8. The third-order valence-electron chi connectivity index (χ3n) is 6.55. The van der Waals surface area contributed by atoms with Gasteiger partial charge < -0.3 is 9.30 Å². The van der Waals surface area contributed by atoms with Crippen LogP contribution in [-0.4, -0.2) is 50.4 Å². The van der Waals surface area contributed by atoms with E-state index in [4.69, 9.17) is 4.74 Å². The number of pyridine rings is 1. The number of nitrogens with zero attached hydrogens (tertiary/aromatic N) is 5. The molecule has 2 aliphatic heterocycles. The summed E-state index contributed by atoms with van der Waals surface area (Å²) in [5.41, 5.74) is 2.39. The number of rotatable bonds is 8. The Morgan fingerprint density at radius 2 is 1.76 bits per heavy atom. The zero-order valence-corrected chi connectivity index (χ0v) is 19.6. The maximum absolute atomic E-state index is 13.2. The molecule has 6 nitrogen and oxygen atoms in total. The topological polar surface area (TPSA) is 56.1 Å². The Morgan fingerprint density at radius 1 is 0.970 bits per heavy atom. The summed E-state index contributed by atoms with van der Waals surface area (Å²) in [6, 6.07) is 10.9. The molecule has 0 spiro atoms. The molecule has 0 N–H and O–H groups in total. The minimum Gasteiger partial charge on any atom is -0.376 e. The van der Waals surface area contributed by atoms with E-state index in [2.05, 4.69) is 36.8 Å². The second kappa shape index (κ2) is 10.8. The Hall–Kier alpha value is -2.29. The Kier molecular flexibility index (Phi) is 7.34. The first-order valence-electron chi connectivity index (χ1n) is 11.8. The van der Waals surface area contributed by atoms with Crippen LogP contribution in [0.5, 0.6) is 0 Å². The molecule has 3 aromatic rings. The van der Waals surface area contributed by atoms with Gasteiger partial charge in [0.05, 0.1) is 12.6 Å². The van der Waals surface area contributed by atoms with Gasteiger partial charge in [-0.2, -0.15) is 0 Å². The number of hydrogen-bond acceptors (Lipinski definition) is 6. The quantitative estimate of drug-likeness (QED) is 0.449. The molecule has 1 aromatic carbocycles. The molecule has 174 valence electrons. The molecule has 0 radical (unpaired) electrons. The molecule has 2 aliphatic rings. The number of thioether (sulfide) groups is 1. The van der Waals surface area contributed by atoms with Crippen molar-refractivity contribution in [3.8, 4) is 0 Å². The summed E-state index contributed by atoms with van der Waals surface area (Å²) in [5.74, 6) is 2.04. The minimum absolute atomic E-state index is 0.206. The molecule has 5 rings (SSSR count). The van der Waals surface area contributed by atoms with Gasteiger partial charge in [-0.05, 0) is 74.2 Å². The highest BCUT2D eigenvalue weighted by Crippen LogP contribution is 2.32. The van der Waals surface area contributed by atoms with Crippen LogP contribution >= 0.6 is 11.8 Å². The third-order valence-corrected chi connectivity index (χ3v) is 7.58. The van der Waals surface area contributed by atoms with Crippen molar-refractivity contribution in [2.24, 2.45) is 0 Å². The van der Waals surface area contributed by atoms with E-state index in [0.29, 0.717) is 5.92 Å². The summed E-state index contributed by atoms with van der Waals surface area (Å²) in [5, 5.41) is 10.2. The molecule has 0 unspecified atom stereocenters. The zero-order chi connectivity index (χ0) is 22.5. The largest absolute Gasteiger partial charge is 0.376 e. The summed E-state index contributed by atoms with van der Waals surface area (Å²) in [4.78, 5) is 6.63. The van der Waals surface area contributed by atoms with E-state index in [1.807, 2.05) is 24.5 Å². The van der Waals surface area contributed by atoms with Crippen LogP contribution in [-0.2, 0) is 23.6 Å². The van der Waals surface area contributed by atoms with Crippen LogP contribution in [0.15, 0.2) is 53.9 Å². The second-order valence-electron chi connectivity index (χ2n) is 8.91. The van der Waals surface area contributed by atoms with Gasteiger partial charge in [-0.1, -0.05) is 23.9 Å². The van der Waals surface area contributed by atoms with Crippen molar-refractivity contribution in [3.63, 3.8) is 0 Å². The van der Waals surface area contributed by atoms with Gasteiger partial charge in [-0.25, -0.2) is 4.39 Å². The zero-order valence-electron chi connectivity index (χ0n) is 18.8. The van der Waals surface area contributed by atoms with E-state index in [9.17, 15) is 4.39 Å². The van der Waals surface area contributed by atoms with Crippen molar-refractivity contribution >= 4 is 11.8 Å². The number of halogens is 1. The molecular formula is C25H30FN5OS. The minimum atomic E-state index is -0.206. The van der Waals surface area contributed by atoms with Gasteiger partial charge in [0.15, 0.2) is 5.16 Å². The molecule has 33 heavy (non-hydrogen) atoms. The first kappa shape index (κ1) is 22.5. The lowest BCUT2D eigenvalue weighted by atomic mass is 9.95. The van der Waals surface area contributed by atoms with Crippen LogP contribution in [0.3, 0.4) is 0 Å². The highest BCUT2D eigenvalue weighted by atomic mass is 32.2. The summed E-state index contributed by atoms with van der Waals surface area (Å²) < 4.78 is 21.5. The van der Waals surface area contributed by atoms with E-state index in [-0.39, 0.29) is 11.9 Å². The number of piperidine rings is 1. The number of aromatic nitrogens is 4. The van der Waals surface area contributed by atoms with Crippen molar-refractivity contribution in [1.29, 1.82) is 0 Å². The van der Waals surface area contributed by atoms with E-state index in [1.165, 1.54) is 17.7 Å². The SMILES string of the molecule is Fc1ccc(CSc2nnc(C3CCN(Cc4ccncc4)CC3)n2C[C@@H]2CCCO2)cc1. The predicted molar refractivity (Wildman–Crippen MR) is 126 cm³/mol. The van der Waals surface area contributed by atoms with Crippen LogP contribution in [0.4, 0.5) is 4.39 Å². The third kappa shape index (κ3) is 5.80. The lowest BCUT2D eigenvalue weighted by Crippen LogP contribution is -2.33. The van der Waals surface area contributed by atoms with Gasteiger partial charge in [0, 0.05) is 37.2 Å². The standard InChI is InChI=1S/C25H30FN5OS/c26-22-5-3-20(4-6-22)18-33-25-29-28-24(31(25)17-23-2-1-15-32-23)21-9-13-30(14-10-21)16-19-7-11-27-12-8-19/h3-8,11-12,21,23H,1-2,9-10,13-18H2/t23-/m0/s1. The Labute approximate surface area is 198 Å². The molecule has 0 saturated carbocycles. The van der Waals surface area contributed by atoms with Gasteiger partial charge in [0.25, 0.3) is 0 Å². The van der Waals surface area contributed by atoms with Gasteiger partial charge in [-0.3, -0.25) is 9.88 Å². The number of likely N-dealkylation sites (tertiary alicyclic amines) is 1. The molecule has 1 atom stereocenters. The molecule has 0 bridgehead atoms. The van der Waals surface area contributed by atoms with Gasteiger partial charge >= 0.3 is 0 Å². The molecule has 4 heterocycles. The summed E-state index contributed by atoms with van der Waals surface area (Å²) >= 11 is 1.67. The van der Waals surface area contributed by atoms with Crippen LogP contribution in [0.1, 0.15) is 48.6 Å². The first-order chi connectivity index (χ1) is 16.2. The van der Waals surface area contributed by atoms with Crippen LogP contribution in [0.25, 0.3) is 0 Å². The summed E-state index contributed by atoms with van der Waals surface area (Å²) in [7, 11) is 0. The molecule has 0 amide bonds. The van der Waals surface area contributed by atoms with E-state index in [0.717, 1.165) is 80.8 Å². The Balaban J connectivity index is 1.26. The molecule has 8 heteroatoms. The molecule has 0 aliphatic carbocycles. The highest BCUT2D eigenvalue weighted by molar-refractivity contribution is 7.98. The van der Waals surface area contributed by atoms with Crippen molar-refractivity contribution in [2.45, 2.75) is 61.7 Å². The van der Waals surface area contributed by atoms with Crippen LogP contribution in [0.2, 0.25) is 0 Å². The van der Waals surface area contributed by atoms with Crippen LogP contribution in [0, 0.1) is 5.82 Å². The lowest BCUT2D eigenvalue weighted by Gasteiger charge is -2.32. The van der Waals surface area contributed by atoms with Gasteiger partial charge in [-0.15, -0.1) is 10.2 Å². The fraction of sp³-hybridized carbons (Fsp3) is 0.480. The number of hydrogen-bond donors (Lipinski definition) is 0. The van der Waals surface area contributed by atoms with Crippen molar-refractivity contribution in [2.75, 3.05) is 19.7 Å². The molecule has 2 saturated heterocycles. The number of benzene rings is 1. The van der Waals surface area contributed by atoms with E-state index >= 15 is 0 Å². The van der Waals surface area contributed by atoms with Crippen molar-refractivity contribution < 1.29 is 9.13 Å². The van der Waals surface area contributed by atoms with E-state index in [1.54, 1.807) is 11.8 Å². The fourth-order valence-corrected chi connectivity index (χ4v) is 5.61. The smallest absolute Gasteiger partial charge is 0.191 e. The normalized spacial score (nSPS) is 19.8. The summed E-state index contributed by atoms with van der Waals surface area (Å²) in [6.45, 7) is 4.73. The highest BCUT2D eigenvalue weighted by Gasteiger charge is 2.28. The number of ether oxygens (including phenoxy) is 1. The van der Waals surface area contributed by atoms with E-state index < -0.39 is 0 Å². The predicted octanol–water partition coefficient (Wildman–Crippen LogP) is 4.66. The Bertz CT molecular complexity index is 1020. The fourth-order valence-electron chi connectivity index (χ4n) is 4.70. The van der Waals surface area contributed by atoms with Crippen LogP contribution < -0.4 is 0 Å².